The van der Waals surface area contributed by atoms with Crippen molar-refractivity contribution >= 4 is 11.6 Å². The van der Waals surface area contributed by atoms with Crippen molar-refractivity contribution in [3.05, 3.63) is 66.7 Å². The second-order valence-electron chi connectivity index (χ2n) is 6.06. The summed E-state index contributed by atoms with van der Waals surface area (Å²) < 4.78 is 10.9. The van der Waals surface area contributed by atoms with Crippen LogP contribution in [0, 0.1) is 0 Å². The van der Waals surface area contributed by atoms with Crippen LogP contribution in [0.1, 0.15) is 12.8 Å². The number of nitrogens with zero attached hydrogens (tertiary/aromatic N) is 2. The predicted octanol–water partition coefficient (Wildman–Crippen LogP) is 3.81. The van der Waals surface area contributed by atoms with Crippen LogP contribution in [0.15, 0.2) is 65.2 Å². The topological polar surface area (TPSA) is 67.6 Å². The minimum Gasteiger partial charge on any atom is -0.497 e. The lowest BCUT2D eigenvalue weighted by Crippen LogP contribution is -2.32. The Kier molecular flexibility index (Phi) is 6.22. The first-order valence-corrected chi connectivity index (χ1v) is 8.84. The second-order valence-corrected chi connectivity index (χ2v) is 6.06. The fourth-order valence-corrected chi connectivity index (χ4v) is 2.67. The summed E-state index contributed by atoms with van der Waals surface area (Å²) in [6.45, 7) is 3.44. The molecule has 6 heteroatoms. The van der Waals surface area contributed by atoms with Gasteiger partial charge in [-0.1, -0.05) is 37.3 Å². The number of ether oxygens (including phenoxy) is 1. The number of benzene rings is 2. The molecular weight excluding hydrogens is 342 g/mol. The molecule has 3 rings (SSSR count). The summed E-state index contributed by atoms with van der Waals surface area (Å²) >= 11 is 0. The van der Waals surface area contributed by atoms with Crippen LogP contribution in [0.5, 0.6) is 5.75 Å². The number of anilines is 1. The van der Waals surface area contributed by atoms with Gasteiger partial charge in [-0.25, -0.2) is 4.98 Å². The summed E-state index contributed by atoms with van der Waals surface area (Å²) in [4.78, 5) is 18.6. The van der Waals surface area contributed by atoms with Gasteiger partial charge < -0.3 is 14.5 Å². The van der Waals surface area contributed by atoms with Gasteiger partial charge in [0.05, 0.1) is 26.4 Å². The van der Waals surface area contributed by atoms with E-state index in [0.717, 1.165) is 22.8 Å². The molecule has 6 nitrogen and oxygen atoms in total. The molecule has 0 aliphatic heterocycles. The van der Waals surface area contributed by atoms with Gasteiger partial charge in [-0.2, -0.15) is 0 Å². The average Bonchev–Trinajstić information content (AvgIpc) is 3.17. The van der Waals surface area contributed by atoms with Gasteiger partial charge in [0.2, 0.25) is 11.8 Å². The lowest BCUT2D eigenvalue weighted by Gasteiger charge is -2.18. The molecule has 0 saturated carbocycles. The number of methoxy groups -OCH3 is 1. The maximum absolute atomic E-state index is 12.3. The number of aromatic nitrogens is 1. The summed E-state index contributed by atoms with van der Waals surface area (Å²) in [7, 11) is 1.61. The van der Waals surface area contributed by atoms with Crippen molar-refractivity contribution in [1.82, 2.24) is 9.88 Å². The van der Waals surface area contributed by atoms with Crippen molar-refractivity contribution in [2.45, 2.75) is 13.5 Å². The van der Waals surface area contributed by atoms with Gasteiger partial charge in [0.15, 0.2) is 5.76 Å². The Morgan fingerprint density at radius 3 is 2.56 bits per heavy atom. The lowest BCUT2D eigenvalue weighted by molar-refractivity contribution is -0.117. The molecule has 0 radical (unpaired) electrons. The highest BCUT2D eigenvalue weighted by Gasteiger charge is 2.14. The third kappa shape index (κ3) is 5.18. The summed E-state index contributed by atoms with van der Waals surface area (Å²) in [5.74, 6) is 1.98. The molecule has 1 aromatic heterocycles. The van der Waals surface area contributed by atoms with E-state index in [-0.39, 0.29) is 12.5 Å². The SMILES string of the molecule is CCN(CC(=O)Nc1ccc(OC)cc1)Cc1ncc(-c2ccccc2)o1. The van der Waals surface area contributed by atoms with Gasteiger partial charge in [0.25, 0.3) is 0 Å². The van der Waals surface area contributed by atoms with Crippen LogP contribution in [0.25, 0.3) is 11.3 Å². The highest BCUT2D eigenvalue weighted by molar-refractivity contribution is 5.92. The van der Waals surface area contributed by atoms with Crippen LogP contribution in [0.3, 0.4) is 0 Å². The highest BCUT2D eigenvalue weighted by atomic mass is 16.5. The number of carbonyl (C=O) groups is 1. The smallest absolute Gasteiger partial charge is 0.238 e. The van der Waals surface area contributed by atoms with E-state index in [1.54, 1.807) is 13.3 Å². The van der Waals surface area contributed by atoms with Gasteiger partial charge in [-0.15, -0.1) is 0 Å². The van der Waals surface area contributed by atoms with Crippen LogP contribution >= 0.6 is 0 Å². The summed E-state index contributed by atoms with van der Waals surface area (Å²) in [6.07, 6.45) is 1.72. The second kappa shape index (κ2) is 9.00. The first kappa shape index (κ1) is 18.7. The van der Waals surface area contributed by atoms with E-state index in [1.165, 1.54) is 0 Å². The van der Waals surface area contributed by atoms with E-state index >= 15 is 0 Å². The van der Waals surface area contributed by atoms with E-state index < -0.39 is 0 Å². The minimum atomic E-state index is -0.0862. The molecular formula is C21H23N3O3. The fourth-order valence-electron chi connectivity index (χ4n) is 2.67. The molecule has 0 aliphatic carbocycles. The first-order chi connectivity index (χ1) is 13.2. The number of oxazole rings is 1. The number of hydrogen-bond donors (Lipinski definition) is 1. The van der Waals surface area contributed by atoms with E-state index in [0.29, 0.717) is 19.0 Å². The van der Waals surface area contributed by atoms with Gasteiger partial charge in [0.1, 0.15) is 5.75 Å². The van der Waals surface area contributed by atoms with Crippen molar-refractivity contribution in [2.24, 2.45) is 0 Å². The number of hydrogen-bond acceptors (Lipinski definition) is 5. The van der Waals surface area contributed by atoms with Crippen LogP contribution < -0.4 is 10.1 Å². The van der Waals surface area contributed by atoms with E-state index in [2.05, 4.69) is 10.3 Å². The third-order valence-corrected chi connectivity index (χ3v) is 4.16. The third-order valence-electron chi connectivity index (χ3n) is 4.16. The molecule has 0 atom stereocenters. The molecule has 1 heterocycles. The van der Waals surface area contributed by atoms with Crippen molar-refractivity contribution < 1.29 is 13.9 Å². The molecule has 1 amide bonds. The van der Waals surface area contributed by atoms with Crippen molar-refractivity contribution in [2.75, 3.05) is 25.5 Å². The normalized spacial score (nSPS) is 10.8. The number of amides is 1. The molecule has 140 valence electrons. The van der Waals surface area contributed by atoms with E-state index in [1.807, 2.05) is 66.4 Å². The fraction of sp³-hybridized carbons (Fsp3) is 0.238. The quantitative estimate of drug-likeness (QED) is 0.657. The Morgan fingerprint density at radius 1 is 1.15 bits per heavy atom. The zero-order valence-electron chi connectivity index (χ0n) is 15.5. The summed E-state index contributed by atoms with van der Waals surface area (Å²) in [5.41, 5.74) is 1.72. The van der Waals surface area contributed by atoms with Gasteiger partial charge in [-0.05, 0) is 30.8 Å². The average molecular weight is 365 g/mol. The Labute approximate surface area is 158 Å². The minimum absolute atomic E-state index is 0.0862. The standard InChI is InChI=1S/C21H23N3O3/c1-3-24(14-20(25)23-17-9-11-18(26-2)12-10-17)15-21-22-13-19(27-21)16-7-5-4-6-8-16/h4-13H,3,14-15H2,1-2H3,(H,23,25). The Bertz CT molecular complexity index is 860. The first-order valence-electron chi connectivity index (χ1n) is 8.84. The monoisotopic (exact) mass is 365 g/mol. The van der Waals surface area contributed by atoms with Gasteiger partial charge >= 0.3 is 0 Å². The van der Waals surface area contributed by atoms with Gasteiger partial charge in [-0.3, -0.25) is 9.69 Å². The zero-order chi connectivity index (χ0) is 19.1. The van der Waals surface area contributed by atoms with Crippen LogP contribution in [0.4, 0.5) is 5.69 Å². The molecule has 2 aromatic carbocycles. The van der Waals surface area contributed by atoms with Crippen molar-refractivity contribution in [1.29, 1.82) is 0 Å². The van der Waals surface area contributed by atoms with Crippen LogP contribution in [-0.4, -0.2) is 36.0 Å². The number of nitrogens with one attached hydrogen (secondary N) is 1. The number of rotatable bonds is 8. The Morgan fingerprint density at radius 2 is 1.89 bits per heavy atom. The van der Waals surface area contributed by atoms with Crippen LogP contribution in [-0.2, 0) is 11.3 Å². The molecule has 1 N–H and O–H groups in total. The summed E-state index contributed by atoms with van der Waals surface area (Å²) in [6, 6.07) is 17.1. The van der Waals surface area contributed by atoms with E-state index in [4.69, 9.17) is 9.15 Å². The molecule has 0 aliphatic rings. The highest BCUT2D eigenvalue weighted by Crippen LogP contribution is 2.20. The van der Waals surface area contributed by atoms with Gasteiger partial charge in [0, 0.05) is 11.3 Å². The van der Waals surface area contributed by atoms with Crippen LogP contribution in [0.2, 0.25) is 0 Å². The molecule has 0 spiro atoms. The van der Waals surface area contributed by atoms with E-state index in [9.17, 15) is 4.79 Å². The molecule has 0 fully saturated rings. The Balaban J connectivity index is 1.57. The zero-order valence-corrected chi connectivity index (χ0v) is 15.5. The largest absolute Gasteiger partial charge is 0.497 e. The molecule has 0 unspecified atom stereocenters. The maximum atomic E-state index is 12.3. The molecule has 3 aromatic rings. The summed E-state index contributed by atoms with van der Waals surface area (Å²) in [5, 5.41) is 2.89. The van der Waals surface area contributed by atoms with Crippen molar-refractivity contribution in [3.8, 4) is 17.1 Å². The number of carbonyl (C=O) groups excluding carboxylic acids is 1. The lowest BCUT2D eigenvalue weighted by atomic mass is 10.2. The number of likely N-dealkylation sites (N-methyl/N-ethyl adjacent to an activating group) is 1. The predicted molar refractivity (Wildman–Crippen MR) is 105 cm³/mol. The Hall–Kier alpha value is -3.12. The molecule has 0 bridgehead atoms. The molecule has 0 saturated heterocycles. The molecule has 27 heavy (non-hydrogen) atoms. The maximum Gasteiger partial charge on any atom is 0.238 e. The van der Waals surface area contributed by atoms with Crippen molar-refractivity contribution in [3.63, 3.8) is 0 Å².